The number of amides is 1. The summed E-state index contributed by atoms with van der Waals surface area (Å²) in [4.78, 5) is 16.0. The monoisotopic (exact) mass is 486 g/mol. The van der Waals surface area contributed by atoms with Crippen molar-refractivity contribution in [1.82, 2.24) is 10.2 Å². The second kappa shape index (κ2) is 8.23. The fourth-order valence-corrected chi connectivity index (χ4v) is 5.02. The number of benzene rings is 1. The van der Waals surface area contributed by atoms with Gasteiger partial charge in [0.25, 0.3) is 0 Å². The van der Waals surface area contributed by atoms with Gasteiger partial charge in [-0.1, -0.05) is 0 Å². The fraction of sp³-hybridized carbons (Fsp3) is 0.286. The standard InChI is InChI=1S/C21H19BrN4O3S/c22-19-5-4-18(30-19)15-2-6-20(25-24-15)26-9-7-13(8-10-26)21(27)23-14-1-3-16-17(11-14)29-12-28-16/h1-6,11,13H,7-10,12H2,(H,23,27). The Kier molecular flexibility index (Phi) is 5.30. The highest BCUT2D eigenvalue weighted by Gasteiger charge is 2.26. The molecular formula is C21H19BrN4O3S. The van der Waals surface area contributed by atoms with E-state index in [9.17, 15) is 4.79 Å². The molecule has 2 aromatic heterocycles. The molecule has 154 valence electrons. The maximum absolute atomic E-state index is 12.7. The molecule has 1 fully saturated rings. The van der Waals surface area contributed by atoms with Crippen molar-refractivity contribution in [2.75, 3.05) is 30.1 Å². The predicted molar refractivity (Wildman–Crippen MR) is 119 cm³/mol. The van der Waals surface area contributed by atoms with E-state index in [0.717, 1.165) is 51.8 Å². The molecule has 0 bridgehead atoms. The van der Waals surface area contributed by atoms with Crippen molar-refractivity contribution >= 4 is 44.7 Å². The van der Waals surface area contributed by atoms with Gasteiger partial charge >= 0.3 is 0 Å². The van der Waals surface area contributed by atoms with Crippen LogP contribution in [0.15, 0.2) is 46.3 Å². The second-order valence-corrected chi connectivity index (χ2v) is 9.66. The van der Waals surface area contributed by atoms with E-state index < -0.39 is 0 Å². The molecule has 30 heavy (non-hydrogen) atoms. The minimum absolute atomic E-state index is 0.0256. The number of piperidine rings is 1. The van der Waals surface area contributed by atoms with Crippen molar-refractivity contribution in [1.29, 1.82) is 0 Å². The summed E-state index contributed by atoms with van der Waals surface area (Å²) < 4.78 is 11.8. The van der Waals surface area contributed by atoms with Crippen LogP contribution in [-0.4, -0.2) is 36.0 Å². The van der Waals surface area contributed by atoms with Gasteiger partial charge in [-0.25, -0.2) is 0 Å². The third-order valence-electron chi connectivity index (χ3n) is 5.31. The molecule has 2 aliphatic rings. The highest BCUT2D eigenvalue weighted by molar-refractivity contribution is 9.11. The molecule has 0 saturated carbocycles. The number of ether oxygens (including phenoxy) is 2. The van der Waals surface area contributed by atoms with Crippen LogP contribution in [0.4, 0.5) is 11.5 Å². The molecule has 9 heteroatoms. The van der Waals surface area contributed by atoms with Crippen molar-refractivity contribution in [2.45, 2.75) is 12.8 Å². The largest absolute Gasteiger partial charge is 0.454 e. The lowest BCUT2D eigenvalue weighted by Crippen LogP contribution is -2.38. The molecule has 0 radical (unpaired) electrons. The van der Waals surface area contributed by atoms with Gasteiger partial charge in [0.15, 0.2) is 17.3 Å². The SMILES string of the molecule is O=C(Nc1ccc2c(c1)OCO2)C1CCN(c2ccc(-c3ccc(Br)s3)nn2)CC1. The number of hydrogen-bond acceptors (Lipinski definition) is 7. The fourth-order valence-electron chi connectivity index (χ4n) is 3.67. The Balaban J connectivity index is 1.17. The first-order valence-electron chi connectivity index (χ1n) is 9.70. The Morgan fingerprint density at radius 2 is 1.90 bits per heavy atom. The third kappa shape index (κ3) is 3.99. The summed E-state index contributed by atoms with van der Waals surface area (Å²) in [7, 11) is 0. The van der Waals surface area contributed by atoms with Gasteiger partial charge in [-0.3, -0.25) is 4.79 Å². The van der Waals surface area contributed by atoms with Gasteiger partial charge in [-0.2, -0.15) is 0 Å². The second-order valence-electron chi connectivity index (χ2n) is 7.20. The number of fused-ring (bicyclic) bond motifs is 1. The van der Waals surface area contributed by atoms with E-state index in [1.807, 2.05) is 36.4 Å². The first-order valence-corrected chi connectivity index (χ1v) is 11.3. The number of carbonyl (C=O) groups excluding carboxylic acids is 1. The number of aromatic nitrogens is 2. The normalized spacial score (nSPS) is 16.0. The number of anilines is 2. The van der Waals surface area contributed by atoms with Crippen molar-refractivity contribution in [3.63, 3.8) is 0 Å². The predicted octanol–water partition coefficient (Wildman–Crippen LogP) is 4.55. The molecule has 1 saturated heterocycles. The summed E-state index contributed by atoms with van der Waals surface area (Å²) in [5, 5.41) is 11.8. The number of nitrogens with zero attached hydrogens (tertiary/aromatic N) is 3. The number of thiophene rings is 1. The van der Waals surface area contributed by atoms with E-state index in [0.29, 0.717) is 11.5 Å². The first kappa shape index (κ1) is 19.3. The number of halogens is 1. The third-order valence-corrected chi connectivity index (χ3v) is 6.95. The van der Waals surface area contributed by atoms with Crippen LogP contribution in [0.1, 0.15) is 12.8 Å². The highest BCUT2D eigenvalue weighted by atomic mass is 79.9. The van der Waals surface area contributed by atoms with Crippen molar-refractivity contribution < 1.29 is 14.3 Å². The lowest BCUT2D eigenvalue weighted by molar-refractivity contribution is -0.120. The van der Waals surface area contributed by atoms with Crippen molar-refractivity contribution in [3.05, 3.63) is 46.3 Å². The highest BCUT2D eigenvalue weighted by Crippen LogP contribution is 2.35. The summed E-state index contributed by atoms with van der Waals surface area (Å²) in [6, 6.07) is 13.5. The molecule has 3 aromatic rings. The van der Waals surface area contributed by atoms with Gasteiger partial charge in [0.2, 0.25) is 12.7 Å². The lowest BCUT2D eigenvalue weighted by atomic mass is 9.96. The number of carbonyl (C=O) groups is 1. The molecule has 1 N–H and O–H groups in total. The average Bonchev–Trinajstić information content (AvgIpc) is 3.42. The quantitative estimate of drug-likeness (QED) is 0.582. The van der Waals surface area contributed by atoms with Crippen molar-refractivity contribution in [3.8, 4) is 22.1 Å². The van der Waals surface area contributed by atoms with Crippen LogP contribution in [0, 0.1) is 5.92 Å². The maximum atomic E-state index is 12.7. The van der Waals surface area contributed by atoms with Crippen LogP contribution < -0.4 is 19.7 Å². The number of rotatable bonds is 4. The molecule has 7 nitrogen and oxygen atoms in total. The van der Waals surface area contributed by atoms with E-state index in [4.69, 9.17) is 9.47 Å². The summed E-state index contributed by atoms with van der Waals surface area (Å²) in [6.45, 7) is 1.77. The zero-order chi connectivity index (χ0) is 20.5. The van der Waals surface area contributed by atoms with Gasteiger partial charge < -0.3 is 19.7 Å². The van der Waals surface area contributed by atoms with Gasteiger partial charge in [0.1, 0.15) is 5.69 Å². The Hall–Kier alpha value is -2.65. The number of hydrogen-bond donors (Lipinski definition) is 1. The minimum atomic E-state index is -0.0256. The molecule has 0 unspecified atom stereocenters. The summed E-state index contributed by atoms with van der Waals surface area (Å²) in [5.74, 6) is 2.24. The lowest BCUT2D eigenvalue weighted by Gasteiger charge is -2.31. The van der Waals surface area contributed by atoms with E-state index in [-0.39, 0.29) is 18.6 Å². The molecule has 0 aliphatic carbocycles. The van der Waals surface area contributed by atoms with Crippen LogP contribution in [-0.2, 0) is 4.79 Å². The van der Waals surface area contributed by atoms with Gasteiger partial charge in [0, 0.05) is 30.8 Å². The molecule has 5 rings (SSSR count). The Morgan fingerprint density at radius 3 is 2.63 bits per heavy atom. The Bertz CT molecular complexity index is 1060. The minimum Gasteiger partial charge on any atom is -0.454 e. The van der Waals surface area contributed by atoms with Crippen LogP contribution in [0.25, 0.3) is 10.6 Å². The van der Waals surface area contributed by atoms with Gasteiger partial charge in [-0.15, -0.1) is 21.5 Å². The smallest absolute Gasteiger partial charge is 0.231 e. The molecular weight excluding hydrogens is 468 g/mol. The maximum Gasteiger partial charge on any atom is 0.231 e. The van der Waals surface area contributed by atoms with Crippen LogP contribution in [0.2, 0.25) is 0 Å². The summed E-state index contributed by atoms with van der Waals surface area (Å²) in [5.41, 5.74) is 1.60. The van der Waals surface area contributed by atoms with E-state index in [1.54, 1.807) is 17.4 Å². The molecule has 0 atom stereocenters. The van der Waals surface area contributed by atoms with Gasteiger partial charge in [0.05, 0.1) is 8.66 Å². The molecule has 2 aliphatic heterocycles. The van der Waals surface area contributed by atoms with Crippen LogP contribution in [0.3, 0.4) is 0 Å². The zero-order valence-corrected chi connectivity index (χ0v) is 18.4. The topological polar surface area (TPSA) is 76.6 Å². The van der Waals surface area contributed by atoms with Crippen LogP contribution in [0.5, 0.6) is 11.5 Å². The number of nitrogens with one attached hydrogen (secondary N) is 1. The van der Waals surface area contributed by atoms with Crippen LogP contribution >= 0.6 is 27.3 Å². The van der Waals surface area contributed by atoms with E-state index in [2.05, 4.69) is 36.3 Å². The molecule has 4 heterocycles. The average molecular weight is 487 g/mol. The van der Waals surface area contributed by atoms with Crippen molar-refractivity contribution in [2.24, 2.45) is 5.92 Å². The molecule has 0 spiro atoms. The summed E-state index contributed by atoms with van der Waals surface area (Å²) >= 11 is 5.11. The van der Waals surface area contributed by atoms with Gasteiger partial charge in [-0.05, 0) is 65.2 Å². The Labute approximate surface area is 186 Å². The first-order chi connectivity index (χ1) is 14.7. The van der Waals surface area contributed by atoms with E-state index >= 15 is 0 Å². The Morgan fingerprint density at radius 1 is 1.07 bits per heavy atom. The van der Waals surface area contributed by atoms with E-state index in [1.165, 1.54) is 0 Å². The summed E-state index contributed by atoms with van der Waals surface area (Å²) in [6.07, 6.45) is 1.55. The zero-order valence-electron chi connectivity index (χ0n) is 16.0. The molecule has 1 aromatic carbocycles. The molecule has 1 amide bonds.